The highest BCUT2D eigenvalue weighted by Gasteiger charge is 2.01. The number of anilines is 1. The summed E-state index contributed by atoms with van der Waals surface area (Å²) in [7, 11) is 1.97. The van der Waals surface area contributed by atoms with Gasteiger partial charge in [-0.3, -0.25) is 4.79 Å². The highest BCUT2D eigenvalue weighted by Crippen LogP contribution is 2.09. The van der Waals surface area contributed by atoms with Crippen molar-refractivity contribution in [3.05, 3.63) is 23.9 Å². The molecular formula is C10H14N2O. The third-order valence-electron chi connectivity index (χ3n) is 2.02. The van der Waals surface area contributed by atoms with E-state index in [9.17, 15) is 4.79 Å². The molecule has 0 aliphatic heterocycles. The fourth-order valence-electron chi connectivity index (χ4n) is 0.982. The molecule has 3 nitrogen and oxygen atoms in total. The Morgan fingerprint density at radius 2 is 2.23 bits per heavy atom. The zero-order valence-corrected chi connectivity index (χ0v) is 8.24. The van der Waals surface area contributed by atoms with Crippen LogP contribution in [0, 0.1) is 0 Å². The van der Waals surface area contributed by atoms with Gasteiger partial charge in [0.25, 0.3) is 0 Å². The van der Waals surface area contributed by atoms with Crippen molar-refractivity contribution < 1.29 is 4.79 Å². The second kappa shape index (κ2) is 4.03. The van der Waals surface area contributed by atoms with E-state index in [4.69, 9.17) is 0 Å². The molecule has 0 fully saturated rings. The van der Waals surface area contributed by atoms with Crippen LogP contribution in [0.5, 0.6) is 0 Å². The molecule has 0 atom stereocenters. The lowest BCUT2D eigenvalue weighted by Crippen LogP contribution is -2.17. The number of nitrogens with zero attached hydrogens (tertiary/aromatic N) is 2. The lowest BCUT2D eigenvalue weighted by molar-refractivity contribution is 0.101. The van der Waals surface area contributed by atoms with Crippen LogP contribution >= 0.6 is 0 Å². The van der Waals surface area contributed by atoms with Gasteiger partial charge in [-0.15, -0.1) is 0 Å². The van der Waals surface area contributed by atoms with Crippen molar-refractivity contribution in [3.8, 4) is 0 Å². The lowest BCUT2D eigenvalue weighted by Gasteiger charge is -2.14. The molecule has 0 aliphatic carbocycles. The predicted molar refractivity (Wildman–Crippen MR) is 53.2 cm³/mol. The van der Waals surface area contributed by atoms with Crippen LogP contribution in [0.4, 0.5) is 5.82 Å². The second-order valence-corrected chi connectivity index (χ2v) is 2.98. The number of ketones is 1. The Bertz CT molecular complexity index is 292. The number of pyridine rings is 1. The standard InChI is InChI=1S/C10H14N2O/c1-4-12(3)10-6-5-9(7-11-10)8(2)13/h5-7H,4H2,1-3H3. The number of Topliss-reactive ketones (excluding diaryl/α,β-unsaturated/α-hetero) is 1. The third kappa shape index (κ3) is 2.28. The highest BCUT2D eigenvalue weighted by molar-refractivity contribution is 5.93. The van der Waals surface area contributed by atoms with Crippen LogP contribution in [-0.4, -0.2) is 24.4 Å². The number of carbonyl (C=O) groups is 1. The van der Waals surface area contributed by atoms with Crippen LogP contribution in [-0.2, 0) is 0 Å². The molecule has 0 saturated heterocycles. The summed E-state index contributed by atoms with van der Waals surface area (Å²) in [5.41, 5.74) is 0.660. The minimum Gasteiger partial charge on any atom is -0.360 e. The van der Waals surface area contributed by atoms with E-state index < -0.39 is 0 Å². The maximum atomic E-state index is 10.9. The summed E-state index contributed by atoms with van der Waals surface area (Å²) in [6, 6.07) is 3.66. The molecule has 3 heteroatoms. The van der Waals surface area contributed by atoms with E-state index in [-0.39, 0.29) is 5.78 Å². The van der Waals surface area contributed by atoms with Crippen LogP contribution in [0.1, 0.15) is 24.2 Å². The average molecular weight is 178 g/mol. The molecule has 1 rings (SSSR count). The van der Waals surface area contributed by atoms with Crippen LogP contribution in [0.15, 0.2) is 18.3 Å². The quantitative estimate of drug-likeness (QED) is 0.661. The summed E-state index contributed by atoms with van der Waals surface area (Å²) in [5.74, 6) is 0.950. The van der Waals surface area contributed by atoms with Crippen molar-refractivity contribution >= 4 is 11.6 Å². The van der Waals surface area contributed by atoms with Gasteiger partial charge in [-0.05, 0) is 26.0 Å². The Morgan fingerprint density at radius 1 is 1.54 bits per heavy atom. The minimum atomic E-state index is 0.0539. The van der Waals surface area contributed by atoms with Crippen molar-refractivity contribution in [2.24, 2.45) is 0 Å². The SMILES string of the molecule is CCN(C)c1ccc(C(C)=O)cn1. The number of hydrogen-bond donors (Lipinski definition) is 0. The van der Waals surface area contributed by atoms with Gasteiger partial charge >= 0.3 is 0 Å². The molecule has 0 bridgehead atoms. The zero-order valence-electron chi connectivity index (χ0n) is 8.24. The minimum absolute atomic E-state index is 0.0539. The summed E-state index contributed by atoms with van der Waals surface area (Å²) < 4.78 is 0. The van der Waals surface area contributed by atoms with Crippen LogP contribution in [0.3, 0.4) is 0 Å². The highest BCUT2D eigenvalue weighted by atomic mass is 16.1. The topological polar surface area (TPSA) is 33.2 Å². The maximum absolute atomic E-state index is 10.9. The normalized spacial score (nSPS) is 9.77. The van der Waals surface area contributed by atoms with Gasteiger partial charge in [0.15, 0.2) is 5.78 Å². The molecule has 0 amide bonds. The molecule has 0 saturated carbocycles. The van der Waals surface area contributed by atoms with Crippen molar-refractivity contribution in [2.45, 2.75) is 13.8 Å². The Hall–Kier alpha value is -1.38. The van der Waals surface area contributed by atoms with Gasteiger partial charge in [-0.25, -0.2) is 4.98 Å². The van der Waals surface area contributed by atoms with Crippen molar-refractivity contribution in [1.29, 1.82) is 0 Å². The molecule has 0 aromatic carbocycles. The smallest absolute Gasteiger partial charge is 0.161 e. The molecule has 0 aliphatic rings. The Morgan fingerprint density at radius 3 is 2.62 bits per heavy atom. The first kappa shape index (κ1) is 9.71. The number of carbonyl (C=O) groups excluding carboxylic acids is 1. The van der Waals surface area contributed by atoms with E-state index in [1.807, 2.05) is 18.0 Å². The largest absolute Gasteiger partial charge is 0.360 e. The predicted octanol–water partition coefficient (Wildman–Crippen LogP) is 1.74. The molecule has 1 heterocycles. The van der Waals surface area contributed by atoms with Gasteiger partial charge in [0, 0.05) is 25.4 Å². The summed E-state index contributed by atoms with van der Waals surface area (Å²) in [6.45, 7) is 4.51. The van der Waals surface area contributed by atoms with Gasteiger partial charge in [-0.1, -0.05) is 0 Å². The summed E-state index contributed by atoms with van der Waals surface area (Å²) in [5, 5.41) is 0. The molecular weight excluding hydrogens is 164 g/mol. The van der Waals surface area contributed by atoms with Gasteiger partial charge < -0.3 is 4.90 Å². The molecule has 1 aromatic rings. The fraction of sp³-hybridized carbons (Fsp3) is 0.400. The van der Waals surface area contributed by atoms with Gasteiger partial charge in [0.1, 0.15) is 5.82 Å². The second-order valence-electron chi connectivity index (χ2n) is 2.98. The Kier molecular flexibility index (Phi) is 3.01. The van der Waals surface area contributed by atoms with E-state index in [0.717, 1.165) is 12.4 Å². The molecule has 0 radical (unpaired) electrons. The first-order valence-corrected chi connectivity index (χ1v) is 4.33. The van der Waals surface area contributed by atoms with Crippen LogP contribution in [0.2, 0.25) is 0 Å². The van der Waals surface area contributed by atoms with Gasteiger partial charge in [0.05, 0.1) is 0 Å². The average Bonchev–Trinajstić information content (AvgIpc) is 2.17. The van der Waals surface area contributed by atoms with Gasteiger partial charge in [0.2, 0.25) is 0 Å². The molecule has 0 N–H and O–H groups in total. The van der Waals surface area contributed by atoms with E-state index >= 15 is 0 Å². The van der Waals surface area contributed by atoms with Crippen LogP contribution in [0.25, 0.3) is 0 Å². The van der Waals surface area contributed by atoms with Crippen LogP contribution < -0.4 is 4.90 Å². The van der Waals surface area contributed by atoms with E-state index in [0.29, 0.717) is 5.56 Å². The first-order valence-electron chi connectivity index (χ1n) is 4.33. The number of rotatable bonds is 3. The first-order chi connectivity index (χ1) is 6.15. The number of aromatic nitrogens is 1. The molecule has 0 spiro atoms. The van der Waals surface area contributed by atoms with E-state index in [1.165, 1.54) is 0 Å². The van der Waals surface area contributed by atoms with Gasteiger partial charge in [-0.2, -0.15) is 0 Å². The van der Waals surface area contributed by atoms with Crippen molar-refractivity contribution in [3.63, 3.8) is 0 Å². The maximum Gasteiger partial charge on any atom is 0.161 e. The summed E-state index contributed by atoms with van der Waals surface area (Å²) in [4.78, 5) is 17.1. The summed E-state index contributed by atoms with van der Waals surface area (Å²) in [6.07, 6.45) is 1.61. The van der Waals surface area contributed by atoms with E-state index in [2.05, 4.69) is 11.9 Å². The fourth-order valence-corrected chi connectivity index (χ4v) is 0.982. The molecule has 1 aromatic heterocycles. The van der Waals surface area contributed by atoms with Crippen molar-refractivity contribution in [2.75, 3.05) is 18.5 Å². The molecule has 70 valence electrons. The summed E-state index contributed by atoms with van der Waals surface area (Å²) >= 11 is 0. The Balaban J connectivity index is 2.87. The molecule has 13 heavy (non-hydrogen) atoms. The van der Waals surface area contributed by atoms with E-state index in [1.54, 1.807) is 19.2 Å². The molecule has 0 unspecified atom stereocenters. The zero-order chi connectivity index (χ0) is 9.84. The lowest BCUT2D eigenvalue weighted by atomic mass is 10.2. The monoisotopic (exact) mass is 178 g/mol. The Labute approximate surface area is 78.4 Å². The number of hydrogen-bond acceptors (Lipinski definition) is 3. The van der Waals surface area contributed by atoms with Crippen molar-refractivity contribution in [1.82, 2.24) is 4.98 Å². The third-order valence-corrected chi connectivity index (χ3v) is 2.02.